The minimum absolute atomic E-state index is 0.0811. The van der Waals surface area contributed by atoms with Gasteiger partial charge in [-0.15, -0.1) is 10.2 Å². The molecule has 0 saturated heterocycles. The number of anilines is 1. The number of rotatable bonds is 14. The van der Waals surface area contributed by atoms with Crippen LogP contribution in [-0.2, 0) is 28.9 Å². The van der Waals surface area contributed by atoms with Gasteiger partial charge < -0.3 is 27.4 Å². The smallest absolute Gasteiger partial charge is 0.230 e. The SMILES string of the molecule is CN/C(=C\C=C(/N)CCCCc1nnc(NC(=O)Cc2ccccc2)s1)NC(=O)Cc1cccc(C(C)N)c1. The van der Waals surface area contributed by atoms with Gasteiger partial charge in [0.05, 0.1) is 12.8 Å². The number of aromatic nitrogens is 2. The van der Waals surface area contributed by atoms with Crippen LogP contribution in [0.15, 0.2) is 78.3 Å². The maximum absolute atomic E-state index is 12.5. The van der Waals surface area contributed by atoms with Crippen molar-refractivity contribution in [3.05, 3.63) is 100.0 Å². The maximum atomic E-state index is 12.5. The monoisotopic (exact) mass is 547 g/mol. The lowest BCUT2D eigenvalue weighted by molar-refractivity contribution is -0.120. The molecule has 0 aliphatic carbocycles. The number of benzene rings is 2. The third-order valence-electron chi connectivity index (χ3n) is 5.88. The number of aryl methyl sites for hydroxylation is 1. The number of carbonyl (C=O) groups excluding carboxylic acids is 2. The summed E-state index contributed by atoms with van der Waals surface area (Å²) in [5.41, 5.74) is 15.7. The molecular formula is C29H37N7O2S. The lowest BCUT2D eigenvalue weighted by atomic mass is 10.0. The third kappa shape index (κ3) is 10.7. The predicted octanol–water partition coefficient (Wildman–Crippen LogP) is 3.71. The van der Waals surface area contributed by atoms with Gasteiger partial charge in [-0.25, -0.2) is 0 Å². The molecule has 10 heteroatoms. The van der Waals surface area contributed by atoms with E-state index in [0.29, 0.717) is 29.5 Å². The summed E-state index contributed by atoms with van der Waals surface area (Å²) in [6.07, 6.45) is 7.36. The van der Waals surface area contributed by atoms with Gasteiger partial charge in [0.15, 0.2) is 0 Å². The van der Waals surface area contributed by atoms with E-state index in [-0.39, 0.29) is 24.3 Å². The van der Waals surface area contributed by atoms with Crippen LogP contribution in [0.1, 0.15) is 53.9 Å². The molecule has 1 aromatic heterocycles. The fourth-order valence-corrected chi connectivity index (χ4v) is 4.58. The van der Waals surface area contributed by atoms with Gasteiger partial charge in [0.2, 0.25) is 16.9 Å². The van der Waals surface area contributed by atoms with E-state index in [0.717, 1.165) is 41.0 Å². The first-order valence-electron chi connectivity index (χ1n) is 13.0. The molecule has 7 N–H and O–H groups in total. The van der Waals surface area contributed by atoms with Gasteiger partial charge in [-0.1, -0.05) is 65.9 Å². The van der Waals surface area contributed by atoms with E-state index in [2.05, 4.69) is 26.1 Å². The van der Waals surface area contributed by atoms with E-state index < -0.39 is 0 Å². The molecule has 0 aliphatic rings. The lowest BCUT2D eigenvalue weighted by Gasteiger charge is -2.11. The van der Waals surface area contributed by atoms with Crippen LogP contribution in [-0.4, -0.2) is 29.1 Å². The van der Waals surface area contributed by atoms with E-state index in [4.69, 9.17) is 11.5 Å². The van der Waals surface area contributed by atoms with Crippen molar-refractivity contribution in [2.45, 2.75) is 51.5 Å². The molecule has 3 aromatic rings. The van der Waals surface area contributed by atoms with Crippen molar-refractivity contribution >= 4 is 28.3 Å². The van der Waals surface area contributed by atoms with Crippen LogP contribution in [0.25, 0.3) is 0 Å². The van der Waals surface area contributed by atoms with E-state index in [9.17, 15) is 9.59 Å². The Bertz CT molecular complexity index is 1290. The first-order chi connectivity index (χ1) is 18.8. The highest BCUT2D eigenvalue weighted by Gasteiger charge is 2.10. The molecule has 3 rings (SSSR count). The predicted molar refractivity (Wildman–Crippen MR) is 157 cm³/mol. The van der Waals surface area contributed by atoms with Crippen molar-refractivity contribution in [2.75, 3.05) is 12.4 Å². The van der Waals surface area contributed by atoms with Crippen LogP contribution in [0.3, 0.4) is 0 Å². The molecule has 0 saturated carbocycles. The number of nitrogens with two attached hydrogens (primary N) is 2. The molecule has 2 amide bonds. The number of allylic oxidation sites excluding steroid dienone is 3. The van der Waals surface area contributed by atoms with Gasteiger partial charge in [0.25, 0.3) is 0 Å². The van der Waals surface area contributed by atoms with Crippen LogP contribution in [0.2, 0.25) is 0 Å². The van der Waals surface area contributed by atoms with Crippen molar-refractivity contribution in [1.29, 1.82) is 0 Å². The maximum Gasteiger partial charge on any atom is 0.230 e. The Morgan fingerprint density at radius 3 is 2.46 bits per heavy atom. The van der Waals surface area contributed by atoms with Gasteiger partial charge >= 0.3 is 0 Å². The molecule has 0 radical (unpaired) electrons. The summed E-state index contributed by atoms with van der Waals surface area (Å²) in [6, 6.07) is 17.2. The van der Waals surface area contributed by atoms with Gasteiger partial charge in [-0.3, -0.25) is 9.59 Å². The number of unbranched alkanes of at least 4 members (excludes halogenated alkanes) is 1. The number of nitrogens with zero attached hydrogens (tertiary/aromatic N) is 2. The molecule has 1 heterocycles. The highest BCUT2D eigenvalue weighted by molar-refractivity contribution is 7.15. The molecular weight excluding hydrogens is 510 g/mol. The quantitative estimate of drug-likeness (QED) is 0.153. The molecule has 39 heavy (non-hydrogen) atoms. The van der Waals surface area contributed by atoms with Gasteiger partial charge in [-0.05, 0) is 55.0 Å². The van der Waals surface area contributed by atoms with Crippen LogP contribution in [0, 0.1) is 0 Å². The zero-order valence-corrected chi connectivity index (χ0v) is 23.3. The molecule has 0 aliphatic heterocycles. The fraction of sp³-hybridized carbons (Fsp3) is 0.310. The summed E-state index contributed by atoms with van der Waals surface area (Å²) in [4.78, 5) is 24.7. The summed E-state index contributed by atoms with van der Waals surface area (Å²) >= 11 is 1.39. The fourth-order valence-electron chi connectivity index (χ4n) is 3.78. The Hall–Kier alpha value is -4.02. The second-order valence-electron chi connectivity index (χ2n) is 9.25. The Balaban J connectivity index is 1.38. The average Bonchev–Trinajstić information content (AvgIpc) is 3.36. The topological polar surface area (TPSA) is 148 Å². The summed E-state index contributed by atoms with van der Waals surface area (Å²) in [6.45, 7) is 1.92. The Kier molecular flexibility index (Phi) is 11.7. The molecule has 1 unspecified atom stereocenters. The second kappa shape index (κ2) is 15.4. The van der Waals surface area contributed by atoms with E-state index in [1.807, 2.05) is 61.5 Å². The van der Waals surface area contributed by atoms with E-state index in [1.54, 1.807) is 19.2 Å². The summed E-state index contributed by atoms with van der Waals surface area (Å²) in [5, 5.41) is 18.3. The van der Waals surface area contributed by atoms with Crippen molar-refractivity contribution < 1.29 is 9.59 Å². The third-order valence-corrected chi connectivity index (χ3v) is 6.77. The standard InChI is InChI=1S/C29H37N7O2S/c1-20(30)23-12-8-11-22(17-23)19-26(37)33-25(32-2)16-15-24(31)13-6-7-14-28-35-36-29(39-28)34-27(38)18-21-9-4-3-5-10-21/h3-5,8-12,15-17,20,32H,6-7,13-14,18-19,30-31H2,1-2H3,(H,33,37)(H,34,36,38)/b24-15-,25-16+. The zero-order valence-electron chi connectivity index (χ0n) is 22.4. The van der Waals surface area contributed by atoms with E-state index >= 15 is 0 Å². The van der Waals surface area contributed by atoms with Crippen molar-refractivity contribution in [3.8, 4) is 0 Å². The van der Waals surface area contributed by atoms with Crippen LogP contribution < -0.4 is 27.4 Å². The highest BCUT2D eigenvalue weighted by Crippen LogP contribution is 2.18. The first-order valence-corrected chi connectivity index (χ1v) is 13.8. The number of hydrogen-bond acceptors (Lipinski definition) is 8. The normalized spacial score (nSPS) is 12.6. The zero-order chi connectivity index (χ0) is 28.0. The molecule has 0 fully saturated rings. The summed E-state index contributed by atoms with van der Waals surface area (Å²) < 4.78 is 0. The minimum Gasteiger partial charge on any atom is -0.402 e. The molecule has 0 bridgehead atoms. The van der Waals surface area contributed by atoms with Gasteiger partial charge in [0.1, 0.15) is 10.8 Å². The Morgan fingerprint density at radius 2 is 1.72 bits per heavy atom. The van der Waals surface area contributed by atoms with Crippen molar-refractivity contribution in [1.82, 2.24) is 20.8 Å². The van der Waals surface area contributed by atoms with Crippen molar-refractivity contribution in [3.63, 3.8) is 0 Å². The molecule has 0 spiro atoms. The highest BCUT2D eigenvalue weighted by atomic mass is 32.1. The number of amides is 2. The molecule has 9 nitrogen and oxygen atoms in total. The second-order valence-corrected chi connectivity index (χ2v) is 10.3. The average molecular weight is 548 g/mol. The molecule has 2 aromatic carbocycles. The Morgan fingerprint density at radius 1 is 0.974 bits per heavy atom. The lowest BCUT2D eigenvalue weighted by Crippen LogP contribution is -2.30. The van der Waals surface area contributed by atoms with Crippen LogP contribution in [0.4, 0.5) is 5.13 Å². The number of nitrogens with one attached hydrogen (secondary N) is 3. The van der Waals surface area contributed by atoms with E-state index in [1.165, 1.54) is 11.3 Å². The minimum atomic E-state index is -0.128. The molecule has 206 valence electrons. The van der Waals surface area contributed by atoms with Crippen LogP contribution >= 0.6 is 11.3 Å². The van der Waals surface area contributed by atoms with Crippen molar-refractivity contribution in [2.24, 2.45) is 11.5 Å². The summed E-state index contributed by atoms with van der Waals surface area (Å²) in [7, 11) is 1.74. The number of hydrogen-bond donors (Lipinski definition) is 5. The van der Waals surface area contributed by atoms with Gasteiger partial charge in [-0.2, -0.15) is 0 Å². The first kappa shape index (κ1) is 29.5. The largest absolute Gasteiger partial charge is 0.402 e. The molecule has 1 atom stereocenters. The van der Waals surface area contributed by atoms with Crippen LogP contribution in [0.5, 0.6) is 0 Å². The number of carbonyl (C=O) groups is 2. The Labute approximate surface area is 233 Å². The van der Waals surface area contributed by atoms with Gasteiger partial charge in [0, 0.05) is 25.2 Å². The summed E-state index contributed by atoms with van der Waals surface area (Å²) in [5.74, 6) is 0.335.